The van der Waals surface area contributed by atoms with Crippen molar-refractivity contribution in [2.45, 2.75) is 19.3 Å². The molecular formula is C23H24F3N5O2. The third-order valence-corrected chi connectivity index (χ3v) is 5.42. The molecule has 0 saturated carbocycles. The van der Waals surface area contributed by atoms with Crippen molar-refractivity contribution >= 4 is 16.6 Å². The Morgan fingerprint density at radius 2 is 1.82 bits per heavy atom. The molecule has 7 nitrogen and oxygen atoms in total. The molecule has 0 unspecified atom stereocenters. The average Bonchev–Trinajstić information content (AvgIpc) is 3.26. The Balaban J connectivity index is 1.90. The number of alkyl halides is 3. The lowest BCUT2D eigenvalue weighted by molar-refractivity contribution is -0.141. The number of methoxy groups -OCH3 is 1. The fourth-order valence-corrected chi connectivity index (χ4v) is 3.79. The fraction of sp³-hybridized carbons (Fsp3) is 0.304. The van der Waals surface area contributed by atoms with Gasteiger partial charge < -0.3 is 19.9 Å². The number of halogens is 3. The first kappa shape index (κ1) is 22.8. The van der Waals surface area contributed by atoms with Crippen LogP contribution in [0, 0.1) is 0 Å². The molecule has 0 aliphatic rings. The third-order valence-electron chi connectivity index (χ3n) is 5.42. The van der Waals surface area contributed by atoms with Gasteiger partial charge in [0.15, 0.2) is 5.69 Å². The molecule has 0 saturated heterocycles. The van der Waals surface area contributed by atoms with Crippen molar-refractivity contribution in [3.8, 4) is 5.75 Å². The van der Waals surface area contributed by atoms with Gasteiger partial charge in [-0.25, -0.2) is 4.52 Å². The SMILES string of the molecule is CNCCNCc1ccc2c(c1)n1nc(C(F)(F)F)cc1c(=O)n2Cc1ccccc1OC. The molecule has 0 bridgehead atoms. The highest BCUT2D eigenvalue weighted by Crippen LogP contribution is 2.29. The molecule has 0 amide bonds. The second-order valence-corrected chi connectivity index (χ2v) is 7.63. The number of nitrogens with zero attached hydrogens (tertiary/aromatic N) is 3. The smallest absolute Gasteiger partial charge is 0.435 e. The topological polar surface area (TPSA) is 72.6 Å². The molecule has 2 aromatic heterocycles. The van der Waals surface area contributed by atoms with Crippen LogP contribution in [0.2, 0.25) is 0 Å². The standard InChI is InChI=1S/C23H24F3N5O2/c1-27-9-10-28-13-15-7-8-17-18(11-15)31-19(12-21(29-31)23(24,25)26)22(32)30(17)14-16-5-3-4-6-20(16)33-2/h3-8,11-12,27-28H,9-10,13-14H2,1-2H3. The molecule has 174 valence electrons. The minimum Gasteiger partial charge on any atom is -0.496 e. The summed E-state index contributed by atoms with van der Waals surface area (Å²) in [6, 6.07) is 13.4. The summed E-state index contributed by atoms with van der Waals surface area (Å²) >= 11 is 0. The summed E-state index contributed by atoms with van der Waals surface area (Å²) in [5, 5.41) is 10.0. The Bertz CT molecular complexity index is 1340. The Labute approximate surface area is 187 Å². The lowest BCUT2D eigenvalue weighted by Gasteiger charge is -2.15. The van der Waals surface area contributed by atoms with Crippen molar-refractivity contribution < 1.29 is 17.9 Å². The minimum atomic E-state index is -4.66. The predicted molar refractivity (Wildman–Crippen MR) is 120 cm³/mol. The van der Waals surface area contributed by atoms with E-state index in [9.17, 15) is 18.0 Å². The van der Waals surface area contributed by atoms with E-state index in [1.807, 2.05) is 31.3 Å². The van der Waals surface area contributed by atoms with Gasteiger partial charge in [0.1, 0.15) is 11.3 Å². The molecule has 33 heavy (non-hydrogen) atoms. The molecule has 4 rings (SSSR count). The number of likely N-dealkylation sites (N-methyl/N-ethyl adjacent to an activating group) is 1. The van der Waals surface area contributed by atoms with E-state index < -0.39 is 17.4 Å². The zero-order valence-corrected chi connectivity index (χ0v) is 18.2. The van der Waals surface area contributed by atoms with Crippen molar-refractivity contribution in [1.29, 1.82) is 0 Å². The summed E-state index contributed by atoms with van der Waals surface area (Å²) in [6.07, 6.45) is -4.66. The second kappa shape index (κ2) is 9.24. The third kappa shape index (κ3) is 4.57. The van der Waals surface area contributed by atoms with E-state index in [4.69, 9.17) is 4.74 Å². The van der Waals surface area contributed by atoms with Gasteiger partial charge in [-0.05, 0) is 30.8 Å². The van der Waals surface area contributed by atoms with Crippen molar-refractivity contribution in [1.82, 2.24) is 24.8 Å². The molecule has 0 atom stereocenters. The Kier molecular flexibility index (Phi) is 6.39. The first-order valence-electron chi connectivity index (χ1n) is 10.4. The van der Waals surface area contributed by atoms with Crippen LogP contribution in [-0.4, -0.2) is 41.4 Å². The molecule has 0 spiro atoms. The van der Waals surface area contributed by atoms with Crippen LogP contribution in [0.15, 0.2) is 53.3 Å². The van der Waals surface area contributed by atoms with Crippen LogP contribution in [0.5, 0.6) is 5.75 Å². The largest absolute Gasteiger partial charge is 0.496 e. The number of rotatable bonds is 8. The number of nitrogens with one attached hydrogen (secondary N) is 2. The normalized spacial score (nSPS) is 12.0. The Morgan fingerprint density at radius 1 is 1.03 bits per heavy atom. The van der Waals surface area contributed by atoms with E-state index in [1.165, 1.54) is 11.7 Å². The Hall–Kier alpha value is -3.37. The highest BCUT2D eigenvalue weighted by molar-refractivity contribution is 5.79. The van der Waals surface area contributed by atoms with Crippen LogP contribution in [0.4, 0.5) is 13.2 Å². The van der Waals surface area contributed by atoms with Crippen LogP contribution in [0.25, 0.3) is 16.6 Å². The van der Waals surface area contributed by atoms with Gasteiger partial charge in [-0.2, -0.15) is 18.3 Å². The maximum Gasteiger partial charge on any atom is 0.435 e. The van der Waals surface area contributed by atoms with Gasteiger partial charge in [0.05, 0.1) is 24.7 Å². The zero-order valence-electron chi connectivity index (χ0n) is 18.2. The molecule has 2 aromatic carbocycles. The summed E-state index contributed by atoms with van der Waals surface area (Å²) < 4.78 is 48.2. The van der Waals surface area contributed by atoms with E-state index in [2.05, 4.69) is 15.7 Å². The highest BCUT2D eigenvalue weighted by Gasteiger charge is 2.35. The van der Waals surface area contributed by atoms with E-state index in [1.54, 1.807) is 18.2 Å². The molecule has 2 N–H and O–H groups in total. The quantitative estimate of drug-likeness (QED) is 0.397. The molecule has 0 radical (unpaired) electrons. The molecule has 10 heteroatoms. The number of aromatic nitrogens is 3. The summed E-state index contributed by atoms with van der Waals surface area (Å²) in [6.45, 7) is 2.18. The van der Waals surface area contributed by atoms with Gasteiger partial charge in [-0.3, -0.25) is 4.79 Å². The van der Waals surface area contributed by atoms with Gasteiger partial charge >= 0.3 is 6.18 Å². The molecule has 0 fully saturated rings. The van der Waals surface area contributed by atoms with Crippen LogP contribution in [0.1, 0.15) is 16.8 Å². The van der Waals surface area contributed by atoms with E-state index in [0.717, 1.165) is 34.8 Å². The molecule has 2 heterocycles. The highest BCUT2D eigenvalue weighted by atomic mass is 19.4. The predicted octanol–water partition coefficient (Wildman–Crippen LogP) is 3.03. The van der Waals surface area contributed by atoms with Crippen molar-refractivity contribution in [3.63, 3.8) is 0 Å². The Morgan fingerprint density at radius 3 is 2.55 bits per heavy atom. The summed E-state index contributed by atoms with van der Waals surface area (Å²) in [5.41, 5.74) is 0.708. The first-order chi connectivity index (χ1) is 15.8. The maximum atomic E-state index is 13.4. The second-order valence-electron chi connectivity index (χ2n) is 7.63. The van der Waals surface area contributed by atoms with Crippen LogP contribution in [0.3, 0.4) is 0 Å². The molecule has 0 aliphatic carbocycles. The van der Waals surface area contributed by atoms with E-state index in [-0.39, 0.29) is 12.1 Å². The van der Waals surface area contributed by atoms with Crippen LogP contribution >= 0.6 is 0 Å². The van der Waals surface area contributed by atoms with Gasteiger partial charge in [-0.15, -0.1) is 0 Å². The summed E-state index contributed by atoms with van der Waals surface area (Å²) in [5.74, 6) is 0.590. The number of hydrogen-bond donors (Lipinski definition) is 2. The molecule has 4 aromatic rings. The first-order valence-corrected chi connectivity index (χ1v) is 10.4. The number of fused-ring (bicyclic) bond motifs is 3. The number of ether oxygens (including phenoxy) is 1. The molecular weight excluding hydrogens is 435 g/mol. The number of benzene rings is 2. The van der Waals surface area contributed by atoms with Crippen molar-refractivity contribution in [2.75, 3.05) is 27.2 Å². The molecule has 0 aliphatic heterocycles. The summed E-state index contributed by atoms with van der Waals surface area (Å²) in [7, 11) is 3.38. The van der Waals surface area contributed by atoms with Gasteiger partial charge in [-0.1, -0.05) is 24.3 Å². The van der Waals surface area contributed by atoms with Gasteiger partial charge in [0.25, 0.3) is 5.56 Å². The lowest BCUT2D eigenvalue weighted by atomic mass is 10.1. The van der Waals surface area contributed by atoms with E-state index >= 15 is 0 Å². The number of hydrogen-bond acceptors (Lipinski definition) is 5. The van der Waals surface area contributed by atoms with Gasteiger partial charge in [0, 0.05) is 31.3 Å². The minimum absolute atomic E-state index is 0.134. The van der Waals surface area contributed by atoms with Crippen LogP contribution < -0.4 is 20.9 Å². The average molecular weight is 459 g/mol. The van der Waals surface area contributed by atoms with Gasteiger partial charge in [0.2, 0.25) is 0 Å². The monoisotopic (exact) mass is 459 g/mol. The van der Waals surface area contributed by atoms with Crippen molar-refractivity contribution in [3.05, 3.63) is 75.7 Å². The lowest BCUT2D eigenvalue weighted by Crippen LogP contribution is -2.25. The number of para-hydroxylation sites is 1. The zero-order chi connectivity index (χ0) is 23.6. The fourth-order valence-electron chi connectivity index (χ4n) is 3.79. The maximum absolute atomic E-state index is 13.4. The van der Waals surface area contributed by atoms with Crippen LogP contribution in [-0.2, 0) is 19.3 Å². The summed E-state index contributed by atoms with van der Waals surface area (Å²) in [4.78, 5) is 13.3. The van der Waals surface area contributed by atoms with Crippen molar-refractivity contribution in [2.24, 2.45) is 0 Å². The van der Waals surface area contributed by atoms with E-state index in [0.29, 0.717) is 23.3 Å².